The van der Waals surface area contributed by atoms with E-state index in [0.717, 1.165) is 5.56 Å². The van der Waals surface area contributed by atoms with Crippen LogP contribution in [-0.2, 0) is 20.9 Å². The molecule has 3 heterocycles. The molecule has 0 aliphatic carbocycles. The monoisotopic (exact) mass is 417 g/mol. The number of benzene rings is 1. The lowest BCUT2D eigenvalue weighted by atomic mass is 10.0. The number of likely N-dealkylation sites (tertiary alicyclic amines) is 2. The van der Waals surface area contributed by atoms with Crippen molar-refractivity contribution in [3.63, 3.8) is 0 Å². The predicted molar refractivity (Wildman–Crippen MR) is 106 cm³/mol. The number of hydrogen-bond acceptors (Lipinski definition) is 6. The first kappa shape index (κ1) is 20.3. The second-order valence-electron chi connectivity index (χ2n) is 7.83. The van der Waals surface area contributed by atoms with Crippen LogP contribution in [0.1, 0.15) is 31.7 Å². The summed E-state index contributed by atoms with van der Waals surface area (Å²) in [5.41, 5.74) is 0.944. The number of piperidine rings is 1. The third-order valence-corrected chi connectivity index (χ3v) is 5.76. The van der Waals surface area contributed by atoms with Gasteiger partial charge in [0.2, 0.25) is 18.6 Å². The molecule has 2 saturated heterocycles. The molecule has 1 aromatic carbocycles. The normalized spacial score (nSPS) is 21.1. The number of fused-ring (bicyclic) bond motifs is 1. The van der Waals surface area contributed by atoms with Crippen LogP contribution in [-0.4, -0.2) is 66.8 Å². The Morgan fingerprint density at radius 1 is 1.20 bits per heavy atom. The molecule has 1 aromatic rings. The molecule has 0 bridgehead atoms. The van der Waals surface area contributed by atoms with Crippen LogP contribution in [0.4, 0.5) is 4.79 Å². The van der Waals surface area contributed by atoms with Gasteiger partial charge in [0.15, 0.2) is 11.5 Å². The van der Waals surface area contributed by atoms with Gasteiger partial charge in [0.1, 0.15) is 0 Å². The number of hydrogen-bond donors (Lipinski definition) is 1. The molecule has 4 rings (SSSR count). The Bertz CT molecular complexity index is 821. The Kier molecular flexibility index (Phi) is 5.96. The van der Waals surface area contributed by atoms with E-state index in [2.05, 4.69) is 5.32 Å². The molecule has 30 heavy (non-hydrogen) atoms. The number of carbonyl (C=O) groups is 3. The Morgan fingerprint density at radius 2 is 1.97 bits per heavy atom. The minimum atomic E-state index is -0.352. The number of carbonyl (C=O) groups excluding carboxylic acids is 3. The molecule has 0 spiro atoms. The Balaban J connectivity index is 1.26. The summed E-state index contributed by atoms with van der Waals surface area (Å²) in [6.07, 6.45) is 1.29. The van der Waals surface area contributed by atoms with Gasteiger partial charge in [0, 0.05) is 38.6 Å². The van der Waals surface area contributed by atoms with Gasteiger partial charge in [0.25, 0.3) is 0 Å². The van der Waals surface area contributed by atoms with Gasteiger partial charge in [-0.25, -0.2) is 4.79 Å². The first-order valence-corrected chi connectivity index (χ1v) is 10.4. The summed E-state index contributed by atoms with van der Waals surface area (Å²) in [4.78, 5) is 40.3. The van der Waals surface area contributed by atoms with Crippen LogP contribution in [0.3, 0.4) is 0 Å². The van der Waals surface area contributed by atoms with E-state index in [1.165, 1.54) is 0 Å². The molecule has 3 aliphatic heterocycles. The van der Waals surface area contributed by atoms with Crippen molar-refractivity contribution in [2.75, 3.05) is 33.0 Å². The number of nitrogens with one attached hydrogen (secondary N) is 1. The molecule has 1 unspecified atom stereocenters. The largest absolute Gasteiger partial charge is 0.454 e. The summed E-state index contributed by atoms with van der Waals surface area (Å²) in [6, 6.07) is 5.64. The van der Waals surface area contributed by atoms with Gasteiger partial charge in [-0.1, -0.05) is 6.07 Å². The molecular formula is C21H27N3O6. The average Bonchev–Trinajstić information content (AvgIpc) is 3.35. The highest BCUT2D eigenvalue weighted by Gasteiger charge is 2.35. The van der Waals surface area contributed by atoms with Crippen molar-refractivity contribution in [1.82, 2.24) is 15.1 Å². The van der Waals surface area contributed by atoms with Crippen molar-refractivity contribution < 1.29 is 28.6 Å². The van der Waals surface area contributed by atoms with Crippen LogP contribution in [0.5, 0.6) is 11.5 Å². The van der Waals surface area contributed by atoms with E-state index >= 15 is 0 Å². The van der Waals surface area contributed by atoms with E-state index < -0.39 is 0 Å². The molecule has 1 atom stereocenters. The molecule has 9 nitrogen and oxygen atoms in total. The number of ether oxygens (including phenoxy) is 3. The highest BCUT2D eigenvalue weighted by atomic mass is 16.7. The molecule has 162 valence electrons. The highest BCUT2D eigenvalue weighted by molar-refractivity contribution is 5.89. The molecule has 1 N–H and O–H groups in total. The molecule has 3 amide bonds. The molecule has 0 aromatic heterocycles. The second-order valence-corrected chi connectivity index (χ2v) is 7.83. The van der Waals surface area contributed by atoms with Crippen molar-refractivity contribution in [2.24, 2.45) is 5.92 Å². The maximum absolute atomic E-state index is 12.7. The van der Waals surface area contributed by atoms with Crippen molar-refractivity contribution in [1.29, 1.82) is 0 Å². The molecule has 0 radical (unpaired) electrons. The third kappa shape index (κ3) is 4.44. The predicted octanol–water partition coefficient (Wildman–Crippen LogP) is 1.50. The highest BCUT2D eigenvalue weighted by Crippen LogP contribution is 2.33. The fraction of sp³-hybridized carbons (Fsp3) is 0.571. The van der Waals surface area contributed by atoms with Crippen molar-refractivity contribution in [3.8, 4) is 11.5 Å². The van der Waals surface area contributed by atoms with Gasteiger partial charge >= 0.3 is 6.09 Å². The van der Waals surface area contributed by atoms with Crippen LogP contribution < -0.4 is 14.8 Å². The smallest absolute Gasteiger partial charge is 0.409 e. The zero-order valence-electron chi connectivity index (χ0n) is 17.1. The Hall–Kier alpha value is -2.97. The zero-order valence-corrected chi connectivity index (χ0v) is 17.1. The topological polar surface area (TPSA) is 97.4 Å². The lowest BCUT2D eigenvalue weighted by molar-refractivity contribution is -0.129. The Labute approximate surface area is 175 Å². The SMILES string of the molecule is CCOC(=O)N1CCC(NC(=O)C2CC(=O)N(Cc3ccc4c(c3)OCO4)C2)CC1. The molecule has 2 fully saturated rings. The number of amides is 3. The number of nitrogens with zero attached hydrogens (tertiary/aromatic N) is 2. The zero-order chi connectivity index (χ0) is 21.1. The average molecular weight is 417 g/mol. The van der Waals surface area contributed by atoms with Gasteiger partial charge in [-0.3, -0.25) is 9.59 Å². The van der Waals surface area contributed by atoms with Gasteiger partial charge in [-0.2, -0.15) is 0 Å². The summed E-state index contributed by atoms with van der Waals surface area (Å²) in [5.74, 6) is 0.922. The minimum absolute atomic E-state index is 0.0150. The molecule has 0 saturated carbocycles. The lowest BCUT2D eigenvalue weighted by Gasteiger charge is -2.32. The first-order chi connectivity index (χ1) is 14.5. The van der Waals surface area contributed by atoms with Crippen LogP contribution in [0.25, 0.3) is 0 Å². The lowest BCUT2D eigenvalue weighted by Crippen LogP contribution is -2.48. The maximum Gasteiger partial charge on any atom is 0.409 e. The quantitative estimate of drug-likeness (QED) is 0.780. The van der Waals surface area contributed by atoms with Gasteiger partial charge in [0.05, 0.1) is 12.5 Å². The van der Waals surface area contributed by atoms with Crippen LogP contribution >= 0.6 is 0 Å². The molecule has 9 heteroatoms. The van der Waals surface area contributed by atoms with Gasteiger partial charge in [-0.15, -0.1) is 0 Å². The van der Waals surface area contributed by atoms with Crippen molar-refractivity contribution in [3.05, 3.63) is 23.8 Å². The third-order valence-electron chi connectivity index (χ3n) is 5.76. The molecule has 3 aliphatic rings. The van der Waals surface area contributed by atoms with Gasteiger partial charge in [-0.05, 0) is 37.5 Å². The minimum Gasteiger partial charge on any atom is -0.454 e. The van der Waals surface area contributed by atoms with Crippen molar-refractivity contribution in [2.45, 2.75) is 38.8 Å². The fourth-order valence-electron chi connectivity index (χ4n) is 4.10. The molecular weight excluding hydrogens is 390 g/mol. The first-order valence-electron chi connectivity index (χ1n) is 10.4. The van der Waals surface area contributed by atoms with Crippen molar-refractivity contribution >= 4 is 17.9 Å². The van der Waals surface area contributed by atoms with Crippen LogP contribution in [0, 0.1) is 5.92 Å². The summed E-state index contributed by atoms with van der Waals surface area (Å²) in [5, 5.41) is 3.06. The summed E-state index contributed by atoms with van der Waals surface area (Å²) in [7, 11) is 0. The van der Waals surface area contributed by atoms with E-state index in [0.29, 0.717) is 57.1 Å². The maximum atomic E-state index is 12.7. The van der Waals surface area contributed by atoms with Crippen LogP contribution in [0.15, 0.2) is 18.2 Å². The number of rotatable bonds is 5. The van der Waals surface area contributed by atoms with Gasteiger partial charge < -0.3 is 29.3 Å². The second kappa shape index (κ2) is 8.81. The van der Waals surface area contributed by atoms with Crippen LogP contribution in [0.2, 0.25) is 0 Å². The van der Waals surface area contributed by atoms with E-state index in [1.807, 2.05) is 18.2 Å². The van der Waals surface area contributed by atoms with E-state index in [9.17, 15) is 14.4 Å². The summed E-state index contributed by atoms with van der Waals surface area (Å²) < 4.78 is 15.7. The Morgan fingerprint density at radius 3 is 2.73 bits per heavy atom. The summed E-state index contributed by atoms with van der Waals surface area (Å²) in [6.45, 7) is 4.31. The van der Waals surface area contributed by atoms with E-state index in [-0.39, 0.29) is 43.1 Å². The fourth-order valence-corrected chi connectivity index (χ4v) is 4.10. The summed E-state index contributed by atoms with van der Waals surface area (Å²) >= 11 is 0. The standard InChI is InChI=1S/C21H27N3O6/c1-2-28-21(27)23-7-5-16(6-8-23)22-20(26)15-10-19(25)24(12-15)11-14-3-4-17-18(9-14)30-13-29-17/h3-4,9,15-16H,2,5-8,10-13H2,1H3,(H,22,26). The van der Waals surface area contributed by atoms with E-state index in [4.69, 9.17) is 14.2 Å². The van der Waals surface area contributed by atoms with E-state index in [1.54, 1.807) is 16.7 Å².